The van der Waals surface area contributed by atoms with Crippen molar-refractivity contribution in [3.63, 3.8) is 0 Å². The number of thiazole rings is 1. The van der Waals surface area contributed by atoms with Crippen LogP contribution >= 0.6 is 11.3 Å². The second-order valence-electron chi connectivity index (χ2n) is 6.60. The van der Waals surface area contributed by atoms with Crippen LogP contribution in [0.5, 0.6) is 0 Å². The van der Waals surface area contributed by atoms with E-state index in [1.54, 1.807) is 0 Å². The fourth-order valence-electron chi connectivity index (χ4n) is 2.51. The lowest BCUT2D eigenvalue weighted by Gasteiger charge is -2.15. The van der Waals surface area contributed by atoms with Gasteiger partial charge in [-0.05, 0) is 37.1 Å². The van der Waals surface area contributed by atoms with E-state index in [2.05, 4.69) is 45.0 Å². The first kappa shape index (κ1) is 15.8. The summed E-state index contributed by atoms with van der Waals surface area (Å²) in [4.78, 5) is 8.60. The molecule has 1 aliphatic carbocycles. The maximum absolute atomic E-state index is 4.84. The molecule has 0 aliphatic heterocycles. The Morgan fingerprint density at radius 3 is 2.70 bits per heavy atom. The van der Waals surface area contributed by atoms with Gasteiger partial charge in [0.05, 0.1) is 5.69 Å². The van der Waals surface area contributed by atoms with Gasteiger partial charge in [-0.15, -0.1) is 11.3 Å². The minimum absolute atomic E-state index is 0.700. The van der Waals surface area contributed by atoms with E-state index < -0.39 is 0 Å². The largest absolute Gasteiger partial charge is 0.351 e. The zero-order valence-corrected chi connectivity index (χ0v) is 14.4. The first-order valence-corrected chi connectivity index (χ1v) is 8.73. The van der Waals surface area contributed by atoms with Gasteiger partial charge in [-0.2, -0.15) is 0 Å². The lowest BCUT2D eigenvalue weighted by Crippen LogP contribution is -2.20. The average Bonchev–Trinajstić information content (AvgIpc) is 2.91. The van der Waals surface area contributed by atoms with Crippen LogP contribution in [0.4, 0.5) is 5.13 Å². The van der Waals surface area contributed by atoms with Gasteiger partial charge in [-0.1, -0.05) is 27.7 Å². The monoisotopic (exact) mass is 295 g/mol. The van der Waals surface area contributed by atoms with Crippen LogP contribution in [0, 0.1) is 17.8 Å². The maximum atomic E-state index is 4.84. The third kappa shape index (κ3) is 4.19. The van der Waals surface area contributed by atoms with Crippen molar-refractivity contribution in [3.05, 3.63) is 10.6 Å². The van der Waals surface area contributed by atoms with Crippen LogP contribution in [0.3, 0.4) is 0 Å². The quantitative estimate of drug-likeness (QED) is 0.795. The Kier molecular flexibility index (Phi) is 5.44. The molecule has 1 fully saturated rings. The summed E-state index contributed by atoms with van der Waals surface area (Å²) in [6.07, 6.45) is 2.42. The van der Waals surface area contributed by atoms with Crippen LogP contribution in [0.2, 0.25) is 0 Å². The first-order chi connectivity index (χ1) is 9.51. The van der Waals surface area contributed by atoms with E-state index in [0.717, 1.165) is 37.9 Å². The third-order valence-corrected chi connectivity index (χ3v) is 5.26. The molecule has 1 saturated carbocycles. The summed E-state index contributed by atoms with van der Waals surface area (Å²) in [5.41, 5.74) is 1.27. The fraction of sp³-hybridized carbons (Fsp3) is 0.812. The highest BCUT2D eigenvalue weighted by atomic mass is 32.1. The van der Waals surface area contributed by atoms with Gasteiger partial charge in [0.2, 0.25) is 0 Å². The molecule has 1 aliphatic rings. The smallest absolute Gasteiger partial charge is 0.185 e. The molecule has 1 N–H and O–H groups in total. The Balaban J connectivity index is 1.94. The van der Waals surface area contributed by atoms with Crippen LogP contribution in [0.15, 0.2) is 0 Å². The Bertz CT molecular complexity index is 427. The second-order valence-corrected chi connectivity index (χ2v) is 7.66. The number of aromatic nitrogens is 1. The molecule has 114 valence electrons. The Hall–Kier alpha value is -0.610. The van der Waals surface area contributed by atoms with Crippen LogP contribution in [-0.4, -0.2) is 25.1 Å². The van der Waals surface area contributed by atoms with Crippen LogP contribution < -0.4 is 10.2 Å². The van der Waals surface area contributed by atoms with E-state index in [9.17, 15) is 0 Å². The van der Waals surface area contributed by atoms with Crippen molar-refractivity contribution in [1.29, 1.82) is 0 Å². The maximum Gasteiger partial charge on any atom is 0.185 e. The number of nitrogens with one attached hydrogen (secondary N) is 1. The predicted molar refractivity (Wildman–Crippen MR) is 88.6 cm³/mol. The lowest BCUT2D eigenvalue weighted by molar-refractivity contribution is 0.553. The Morgan fingerprint density at radius 2 is 2.15 bits per heavy atom. The number of rotatable bonds is 8. The molecule has 1 aromatic rings. The SMILES string of the molecule is CCc1nc(N(C)CC2CC2C)sc1CNCC(C)C. The molecule has 2 unspecified atom stereocenters. The minimum atomic E-state index is 0.700. The number of hydrogen-bond donors (Lipinski definition) is 1. The molecule has 0 bridgehead atoms. The van der Waals surface area contributed by atoms with Gasteiger partial charge in [0.15, 0.2) is 5.13 Å². The van der Waals surface area contributed by atoms with E-state index in [1.165, 1.54) is 22.1 Å². The third-order valence-electron chi connectivity index (χ3n) is 4.05. The number of nitrogens with zero attached hydrogens (tertiary/aromatic N) is 2. The highest BCUT2D eigenvalue weighted by molar-refractivity contribution is 7.15. The standard InChI is InChI=1S/C16H29N3S/c1-6-14-15(9-17-8-11(2)3)20-16(18-14)19(5)10-13-7-12(13)4/h11-13,17H,6-10H2,1-5H3. The van der Waals surface area contributed by atoms with Gasteiger partial charge in [0.25, 0.3) is 0 Å². The lowest BCUT2D eigenvalue weighted by atomic mass is 10.2. The topological polar surface area (TPSA) is 28.2 Å². The van der Waals surface area contributed by atoms with Gasteiger partial charge in [0.1, 0.15) is 0 Å². The molecule has 0 radical (unpaired) electrons. The van der Waals surface area contributed by atoms with E-state index in [0.29, 0.717) is 5.92 Å². The molecule has 0 saturated heterocycles. The number of hydrogen-bond acceptors (Lipinski definition) is 4. The summed E-state index contributed by atoms with van der Waals surface area (Å²) in [6.45, 7) is 12.2. The van der Waals surface area contributed by atoms with Gasteiger partial charge < -0.3 is 10.2 Å². The molecular weight excluding hydrogens is 266 g/mol. The second kappa shape index (κ2) is 6.90. The van der Waals surface area contributed by atoms with E-state index in [4.69, 9.17) is 4.98 Å². The normalized spacial score (nSPS) is 21.5. The zero-order valence-electron chi connectivity index (χ0n) is 13.6. The Morgan fingerprint density at radius 1 is 1.45 bits per heavy atom. The summed E-state index contributed by atoms with van der Waals surface area (Å²) >= 11 is 1.87. The van der Waals surface area contributed by atoms with Gasteiger partial charge in [0, 0.05) is 25.0 Å². The molecule has 1 heterocycles. The average molecular weight is 295 g/mol. The van der Waals surface area contributed by atoms with Crippen molar-refractivity contribution in [2.24, 2.45) is 17.8 Å². The van der Waals surface area contributed by atoms with Crippen molar-refractivity contribution >= 4 is 16.5 Å². The van der Waals surface area contributed by atoms with Crippen molar-refractivity contribution in [3.8, 4) is 0 Å². The predicted octanol–water partition coefficient (Wildman–Crippen LogP) is 3.54. The summed E-state index contributed by atoms with van der Waals surface area (Å²) in [6, 6.07) is 0. The minimum Gasteiger partial charge on any atom is -0.351 e. The van der Waals surface area contributed by atoms with E-state index >= 15 is 0 Å². The molecule has 1 aromatic heterocycles. The van der Waals surface area contributed by atoms with Crippen LogP contribution in [-0.2, 0) is 13.0 Å². The summed E-state index contributed by atoms with van der Waals surface area (Å²) in [5.74, 6) is 2.50. The molecule has 20 heavy (non-hydrogen) atoms. The zero-order chi connectivity index (χ0) is 14.7. The Labute approximate surface area is 127 Å². The van der Waals surface area contributed by atoms with E-state index in [-0.39, 0.29) is 0 Å². The molecule has 2 rings (SSSR count). The first-order valence-electron chi connectivity index (χ1n) is 7.91. The molecule has 3 nitrogen and oxygen atoms in total. The molecular formula is C16H29N3S. The van der Waals surface area contributed by atoms with Gasteiger partial charge >= 0.3 is 0 Å². The van der Waals surface area contributed by atoms with Crippen LogP contribution in [0.25, 0.3) is 0 Å². The summed E-state index contributed by atoms with van der Waals surface area (Å²) in [7, 11) is 2.19. The van der Waals surface area contributed by atoms with Crippen molar-refractivity contribution in [2.75, 3.05) is 25.0 Å². The van der Waals surface area contributed by atoms with Gasteiger partial charge in [-0.3, -0.25) is 0 Å². The molecule has 0 amide bonds. The fourth-order valence-corrected chi connectivity index (χ4v) is 3.59. The van der Waals surface area contributed by atoms with E-state index in [1.807, 2.05) is 11.3 Å². The van der Waals surface area contributed by atoms with Gasteiger partial charge in [-0.25, -0.2) is 4.98 Å². The van der Waals surface area contributed by atoms with Crippen molar-refractivity contribution < 1.29 is 0 Å². The summed E-state index contributed by atoms with van der Waals surface area (Å²) < 4.78 is 0. The molecule has 4 heteroatoms. The molecule has 0 aromatic carbocycles. The number of anilines is 1. The summed E-state index contributed by atoms with van der Waals surface area (Å²) in [5, 5.41) is 4.74. The van der Waals surface area contributed by atoms with Crippen molar-refractivity contribution in [1.82, 2.24) is 10.3 Å². The van der Waals surface area contributed by atoms with Crippen LogP contribution in [0.1, 0.15) is 44.7 Å². The number of aryl methyl sites for hydroxylation is 1. The highest BCUT2D eigenvalue weighted by Crippen LogP contribution is 2.39. The molecule has 0 spiro atoms. The molecule has 2 atom stereocenters. The highest BCUT2D eigenvalue weighted by Gasteiger charge is 2.33. The van der Waals surface area contributed by atoms with Crippen molar-refractivity contribution in [2.45, 2.75) is 47.1 Å².